The predicted molar refractivity (Wildman–Crippen MR) is 160 cm³/mol. The van der Waals surface area contributed by atoms with Gasteiger partial charge < -0.3 is 30.1 Å². The number of morpholine rings is 1. The number of halogens is 1. The molecule has 3 aliphatic heterocycles. The lowest BCUT2D eigenvalue weighted by atomic mass is 10.0. The van der Waals surface area contributed by atoms with Crippen molar-refractivity contribution in [1.29, 1.82) is 0 Å². The van der Waals surface area contributed by atoms with Crippen LogP contribution in [0, 0.1) is 5.82 Å². The van der Waals surface area contributed by atoms with Crippen molar-refractivity contribution >= 4 is 23.6 Å². The van der Waals surface area contributed by atoms with E-state index in [0.717, 1.165) is 5.56 Å². The molecule has 0 unspecified atom stereocenters. The normalized spacial score (nSPS) is 24.5. The number of pyridine rings is 1. The van der Waals surface area contributed by atoms with Crippen molar-refractivity contribution in [3.8, 4) is 5.88 Å². The Labute approximate surface area is 256 Å². The van der Waals surface area contributed by atoms with E-state index in [2.05, 4.69) is 28.6 Å². The van der Waals surface area contributed by atoms with E-state index < -0.39 is 12.0 Å². The summed E-state index contributed by atoms with van der Waals surface area (Å²) in [7, 11) is 0. The van der Waals surface area contributed by atoms with Crippen LogP contribution in [0.2, 0.25) is 0 Å². The first-order valence-electron chi connectivity index (χ1n) is 15.1. The number of hydrogen-bond donors (Lipinski definition) is 2. The number of rotatable bonds is 8. The summed E-state index contributed by atoms with van der Waals surface area (Å²) in [4.78, 5) is 50.2. The molecule has 4 atom stereocenters. The standard InChI is InChI=1S/C31H41FN6O6/c1-19-13-35(25(15-38(19)31(41)42)14-37-20(2)17-43-18-21(37)3)16-27(39)36-10-11-44-30-26(36)12-23(28(34-30)29(33)40)7-4-22-5-8-24(32)9-6-22/h5-6,8-9,12,19-21,25H,4,7,10-11,13-18H2,1-3H3,(H2,33,40)(H,41,42)/t19-,20-,21-,25+/m1/s1. The van der Waals surface area contributed by atoms with Crippen LogP contribution in [0.15, 0.2) is 30.3 Å². The van der Waals surface area contributed by atoms with Gasteiger partial charge in [0.25, 0.3) is 5.91 Å². The molecule has 3 aliphatic rings. The summed E-state index contributed by atoms with van der Waals surface area (Å²) in [6.07, 6.45) is -0.0521. The van der Waals surface area contributed by atoms with Crippen molar-refractivity contribution in [2.75, 3.05) is 57.4 Å². The number of hydrogen-bond acceptors (Lipinski definition) is 8. The highest BCUT2D eigenvalue weighted by Crippen LogP contribution is 2.33. The number of nitrogens with zero attached hydrogens (tertiary/aromatic N) is 5. The number of primary amides is 1. The summed E-state index contributed by atoms with van der Waals surface area (Å²) in [5.74, 6) is -1.03. The van der Waals surface area contributed by atoms with E-state index in [1.807, 2.05) is 6.92 Å². The number of benzene rings is 1. The van der Waals surface area contributed by atoms with Crippen molar-refractivity contribution in [3.05, 3.63) is 53.0 Å². The molecule has 0 saturated carbocycles. The second-order valence-electron chi connectivity index (χ2n) is 12.0. The van der Waals surface area contributed by atoms with Crippen LogP contribution in [-0.4, -0.2) is 119 Å². The Hall–Kier alpha value is -3.81. The molecule has 3 N–H and O–H groups in total. The Morgan fingerprint density at radius 3 is 2.41 bits per heavy atom. The number of anilines is 1. The Morgan fingerprint density at radius 2 is 1.75 bits per heavy atom. The lowest BCUT2D eigenvalue weighted by molar-refractivity contribution is -0.122. The number of piperazine rings is 1. The zero-order chi connectivity index (χ0) is 31.5. The molecule has 0 radical (unpaired) electrons. The van der Waals surface area contributed by atoms with Gasteiger partial charge in [-0.25, -0.2) is 14.2 Å². The third-order valence-corrected chi connectivity index (χ3v) is 8.83. The van der Waals surface area contributed by atoms with Gasteiger partial charge in [-0.05, 0) is 62.9 Å². The topological polar surface area (TPSA) is 142 Å². The number of aromatic nitrogens is 1. The number of nitrogens with two attached hydrogens (primary N) is 1. The quantitative estimate of drug-likeness (QED) is 0.458. The first-order chi connectivity index (χ1) is 21.0. The van der Waals surface area contributed by atoms with Gasteiger partial charge in [0.2, 0.25) is 11.8 Å². The summed E-state index contributed by atoms with van der Waals surface area (Å²) < 4.78 is 24.8. The van der Waals surface area contributed by atoms with E-state index >= 15 is 0 Å². The summed E-state index contributed by atoms with van der Waals surface area (Å²) in [6.45, 7) is 9.13. The molecule has 44 heavy (non-hydrogen) atoms. The smallest absolute Gasteiger partial charge is 0.407 e. The summed E-state index contributed by atoms with van der Waals surface area (Å²) in [5, 5.41) is 9.86. The van der Waals surface area contributed by atoms with Gasteiger partial charge >= 0.3 is 6.09 Å². The molecule has 0 spiro atoms. The van der Waals surface area contributed by atoms with E-state index in [9.17, 15) is 23.9 Å². The van der Waals surface area contributed by atoms with Crippen LogP contribution in [0.3, 0.4) is 0 Å². The monoisotopic (exact) mass is 612 g/mol. The summed E-state index contributed by atoms with van der Waals surface area (Å²) in [6, 6.07) is 7.72. The van der Waals surface area contributed by atoms with E-state index in [-0.39, 0.29) is 67.2 Å². The SMILES string of the molecule is C[C@@H]1CN(CC(=O)N2CCOc3nc(C(N)=O)c(CCc4ccc(F)cc4)cc32)[C@@H](CN2[C@H](C)COC[C@H]2C)CN1C(=O)O. The highest BCUT2D eigenvalue weighted by Gasteiger charge is 2.39. The zero-order valence-corrected chi connectivity index (χ0v) is 25.4. The Morgan fingerprint density at radius 1 is 1.05 bits per heavy atom. The molecule has 1 aromatic heterocycles. The van der Waals surface area contributed by atoms with E-state index in [1.165, 1.54) is 17.0 Å². The van der Waals surface area contributed by atoms with Crippen LogP contribution in [0.5, 0.6) is 5.88 Å². The fourth-order valence-corrected chi connectivity index (χ4v) is 6.41. The number of fused-ring (bicyclic) bond motifs is 1. The van der Waals surface area contributed by atoms with Crippen molar-refractivity contribution in [2.24, 2.45) is 5.73 Å². The number of amides is 3. The second-order valence-corrected chi connectivity index (χ2v) is 12.0. The average molecular weight is 613 g/mol. The molecule has 13 heteroatoms. The van der Waals surface area contributed by atoms with Gasteiger partial charge in [0.05, 0.1) is 26.3 Å². The van der Waals surface area contributed by atoms with Crippen LogP contribution in [0.25, 0.3) is 0 Å². The molecule has 5 rings (SSSR count). The third kappa shape index (κ3) is 6.95. The van der Waals surface area contributed by atoms with E-state index in [1.54, 1.807) is 23.1 Å². The first-order valence-corrected chi connectivity index (χ1v) is 15.1. The minimum atomic E-state index is -0.969. The maximum Gasteiger partial charge on any atom is 0.407 e. The molecule has 12 nitrogen and oxygen atoms in total. The van der Waals surface area contributed by atoms with Gasteiger partial charge in [0.15, 0.2) is 0 Å². The molecule has 0 bridgehead atoms. The lowest BCUT2D eigenvalue weighted by Crippen LogP contribution is -2.65. The van der Waals surface area contributed by atoms with Crippen molar-refractivity contribution in [2.45, 2.75) is 57.8 Å². The van der Waals surface area contributed by atoms with Gasteiger partial charge in [-0.1, -0.05) is 12.1 Å². The first kappa shape index (κ1) is 31.6. The molecule has 2 aromatic rings. The third-order valence-electron chi connectivity index (χ3n) is 8.83. The molecule has 238 valence electrons. The van der Waals surface area contributed by atoms with Crippen LogP contribution in [0.1, 0.15) is 42.4 Å². The predicted octanol–water partition coefficient (Wildman–Crippen LogP) is 1.99. The fraction of sp³-hybridized carbons (Fsp3) is 0.548. The Kier molecular flexibility index (Phi) is 9.66. The number of carbonyl (C=O) groups excluding carboxylic acids is 2. The highest BCUT2D eigenvalue weighted by molar-refractivity contribution is 5.98. The van der Waals surface area contributed by atoms with Gasteiger partial charge in [-0.3, -0.25) is 19.4 Å². The largest absolute Gasteiger partial charge is 0.474 e. The molecule has 2 saturated heterocycles. The van der Waals surface area contributed by atoms with Gasteiger partial charge in [-0.2, -0.15) is 0 Å². The molecule has 0 aliphatic carbocycles. The molecule has 1 aromatic carbocycles. The summed E-state index contributed by atoms with van der Waals surface area (Å²) in [5.41, 5.74) is 7.65. The lowest BCUT2D eigenvalue weighted by Gasteiger charge is -2.48. The van der Waals surface area contributed by atoms with E-state index in [4.69, 9.17) is 15.2 Å². The number of carboxylic acid groups (broad SMARTS) is 1. The zero-order valence-electron chi connectivity index (χ0n) is 25.4. The Bertz CT molecular complexity index is 1370. The molecular formula is C31H41FN6O6. The highest BCUT2D eigenvalue weighted by atomic mass is 19.1. The number of carbonyl (C=O) groups is 3. The van der Waals surface area contributed by atoms with Crippen LogP contribution in [-0.2, 0) is 22.4 Å². The van der Waals surface area contributed by atoms with Crippen LogP contribution in [0.4, 0.5) is 14.9 Å². The van der Waals surface area contributed by atoms with Gasteiger partial charge in [0, 0.05) is 43.8 Å². The number of aryl methyl sites for hydroxylation is 2. The average Bonchev–Trinajstić information content (AvgIpc) is 2.98. The minimum Gasteiger partial charge on any atom is -0.474 e. The summed E-state index contributed by atoms with van der Waals surface area (Å²) >= 11 is 0. The minimum absolute atomic E-state index is 0.0765. The van der Waals surface area contributed by atoms with Crippen molar-refractivity contribution < 1.29 is 33.4 Å². The van der Waals surface area contributed by atoms with Gasteiger partial charge in [-0.15, -0.1) is 0 Å². The maximum absolute atomic E-state index is 14.0. The molecule has 3 amide bonds. The number of ether oxygens (including phenoxy) is 2. The molecular weight excluding hydrogens is 571 g/mol. The Balaban J connectivity index is 1.37. The maximum atomic E-state index is 14.0. The second kappa shape index (κ2) is 13.4. The van der Waals surface area contributed by atoms with E-state index in [0.29, 0.717) is 56.9 Å². The van der Waals surface area contributed by atoms with Crippen molar-refractivity contribution in [1.82, 2.24) is 19.7 Å². The van der Waals surface area contributed by atoms with Gasteiger partial charge in [0.1, 0.15) is 23.8 Å². The van der Waals surface area contributed by atoms with Crippen molar-refractivity contribution in [3.63, 3.8) is 0 Å². The van der Waals surface area contributed by atoms with Crippen LogP contribution >= 0.6 is 0 Å². The molecule has 4 heterocycles. The fourth-order valence-electron chi connectivity index (χ4n) is 6.41. The van der Waals surface area contributed by atoms with Crippen LogP contribution < -0.4 is 15.4 Å². The molecule has 2 fully saturated rings.